The highest BCUT2D eigenvalue weighted by Gasteiger charge is 2.25. The average molecular weight is 1270 g/mol. The molecule has 432 valence electrons. The summed E-state index contributed by atoms with van der Waals surface area (Å²) in [6.45, 7) is 4.61. The molecule has 0 radical (unpaired) electrons. The van der Waals surface area contributed by atoms with Gasteiger partial charge in [0.1, 0.15) is 0 Å². The summed E-state index contributed by atoms with van der Waals surface area (Å²) < 4.78 is 8.37. The van der Waals surface area contributed by atoms with E-state index in [2.05, 4.69) is 244 Å². The fraction of sp³-hybridized carbons (Fsp3) is 0.282. The Bertz CT molecular complexity index is 4190. The fourth-order valence-electron chi connectivity index (χ4n) is 11.4. The van der Waals surface area contributed by atoms with Crippen LogP contribution in [0.2, 0.25) is 0 Å². The van der Waals surface area contributed by atoms with Crippen LogP contribution in [0.25, 0.3) is 73.1 Å². The summed E-state index contributed by atoms with van der Waals surface area (Å²) in [4.78, 5) is 0. The SMILES string of the molecule is CCCCCCCCCCSC1=C(SCCCCCCCCCC)SC(=c2c3ccccc3c(=c3c#cc4ccccc4c#cc(=c4c5ccccc5c(=C5SC(SC)=C(SC)S5)c5ccccc45)c#cc4ccccc4c#c3)c3ccccc23)S1. The van der Waals surface area contributed by atoms with Crippen LogP contribution < -0.4 is 10.4 Å². The first kappa shape index (κ1) is 62.4. The quantitative estimate of drug-likeness (QED) is 0.0480. The number of hydrogen-bond donors (Lipinski definition) is 0. The lowest BCUT2D eigenvalue weighted by Crippen LogP contribution is -2.07. The van der Waals surface area contributed by atoms with Crippen LogP contribution in [-0.4, -0.2) is 24.0 Å². The van der Waals surface area contributed by atoms with Gasteiger partial charge < -0.3 is 0 Å². The minimum absolute atomic E-state index is 0.761. The van der Waals surface area contributed by atoms with Gasteiger partial charge in [0.2, 0.25) is 0 Å². The lowest BCUT2D eigenvalue weighted by Gasteiger charge is -2.09. The zero-order valence-electron chi connectivity index (χ0n) is 49.9. The fourth-order valence-corrected chi connectivity index (χ4v) is 22.7. The third kappa shape index (κ3) is 14.9. The lowest BCUT2D eigenvalue weighted by atomic mass is 9.97. The van der Waals surface area contributed by atoms with Crippen LogP contribution in [0, 0.1) is 69.4 Å². The number of fused-ring (bicyclic) bond motifs is 6. The number of thioether (sulfide) groups is 8. The predicted molar refractivity (Wildman–Crippen MR) is 393 cm³/mol. The second-order valence-electron chi connectivity index (χ2n) is 21.7. The third-order valence-corrected chi connectivity index (χ3v) is 26.7. The molecule has 0 spiro atoms. The van der Waals surface area contributed by atoms with Crippen molar-refractivity contribution in [2.75, 3.05) is 24.0 Å². The Kier molecular flexibility index (Phi) is 23.1. The Labute approximate surface area is 545 Å². The minimum Gasteiger partial charge on any atom is -0.121 e. The van der Waals surface area contributed by atoms with Crippen molar-refractivity contribution in [1.82, 2.24) is 0 Å². The van der Waals surface area contributed by atoms with Gasteiger partial charge in [-0.1, -0.05) is 321 Å². The molecule has 0 saturated heterocycles. The molecule has 0 nitrogen and oxygen atoms in total. The maximum Gasteiger partial charge on any atom is 0.0836 e. The van der Waals surface area contributed by atoms with Crippen molar-refractivity contribution in [3.05, 3.63) is 242 Å². The van der Waals surface area contributed by atoms with Gasteiger partial charge in [0, 0.05) is 42.4 Å². The van der Waals surface area contributed by atoms with Gasteiger partial charge in [-0.2, -0.15) is 0 Å². The Morgan fingerprint density at radius 3 is 0.802 bits per heavy atom. The Morgan fingerprint density at radius 1 is 0.279 bits per heavy atom. The van der Waals surface area contributed by atoms with Crippen LogP contribution in [0.1, 0.15) is 117 Å². The Hall–Kier alpha value is -5.20. The van der Waals surface area contributed by atoms with Gasteiger partial charge in [0.25, 0.3) is 0 Å². The molecular weight excluding hydrogens is 1190 g/mol. The van der Waals surface area contributed by atoms with Crippen LogP contribution in [0.4, 0.5) is 0 Å². The zero-order chi connectivity index (χ0) is 58.9. The summed E-state index contributed by atoms with van der Waals surface area (Å²) in [6, 6.07) is 81.8. The van der Waals surface area contributed by atoms with Crippen molar-refractivity contribution in [2.45, 2.75) is 117 Å². The molecule has 2 heterocycles. The molecule has 0 fully saturated rings. The average Bonchev–Trinajstić information content (AvgIpc) is 1.56. The van der Waals surface area contributed by atoms with Crippen molar-refractivity contribution < 1.29 is 0 Å². The van der Waals surface area contributed by atoms with E-state index in [4.69, 9.17) is 0 Å². The molecule has 0 amide bonds. The standard InChI is InChI=1S/C78H72S8/c1-5-7-9-11-13-15-17-31-53-81-77-78(82-54-32-18-16-14-12-10-8-6-2)86-74(85-77)72-67-43-29-25-39-63(67)70(64-40-26-30-44-68(64)72)60-51-47-57-35-21-19-33-55(57)45-49-59(50-46-56-34-20-22-36-58(56)48-52-60)69-61-37-23-27-41-65(61)71(66-42-28-24-38-62(66)69)73-83-75(79-3)76(80-4)84-73/h19-30,33-44H,5-18,31-32,53-54H2,1-4H3. The van der Waals surface area contributed by atoms with E-state index in [0.29, 0.717) is 0 Å². The molecule has 0 aromatic heterocycles. The summed E-state index contributed by atoms with van der Waals surface area (Å²) in [6.07, 6.45) is 25.8. The zero-order valence-corrected chi connectivity index (χ0v) is 56.4. The van der Waals surface area contributed by atoms with E-state index >= 15 is 0 Å². The molecule has 0 bridgehead atoms. The number of hydrogen-bond acceptors (Lipinski definition) is 8. The van der Waals surface area contributed by atoms with E-state index in [1.807, 2.05) is 70.6 Å². The van der Waals surface area contributed by atoms with Gasteiger partial charge in [-0.25, -0.2) is 0 Å². The van der Waals surface area contributed by atoms with Gasteiger partial charge in [-0.15, -0.1) is 47.0 Å². The predicted octanol–water partition coefficient (Wildman–Crippen LogP) is 23.6. The molecular formula is C78H72S8. The van der Waals surface area contributed by atoms with Crippen LogP contribution in [0.3, 0.4) is 0 Å². The highest BCUT2D eigenvalue weighted by atomic mass is 32.3. The molecule has 86 heavy (non-hydrogen) atoms. The minimum atomic E-state index is 0.761. The molecule has 0 saturated carbocycles. The second-order valence-corrected chi connectivity index (χ2v) is 31.2. The number of unbranched alkanes of at least 4 members (excludes halogenated alkanes) is 14. The molecule has 0 unspecified atom stereocenters. The van der Waals surface area contributed by atoms with Gasteiger partial charge in [-0.3, -0.25) is 0 Å². The highest BCUT2D eigenvalue weighted by molar-refractivity contribution is 8.46. The normalized spacial score (nSPS) is 13.2. The summed E-state index contributed by atoms with van der Waals surface area (Å²) in [7, 11) is 0. The largest absolute Gasteiger partial charge is 0.121 e. The van der Waals surface area contributed by atoms with E-state index < -0.39 is 0 Å². The van der Waals surface area contributed by atoms with E-state index in [-0.39, 0.29) is 0 Å². The van der Waals surface area contributed by atoms with Crippen molar-refractivity contribution in [2.24, 2.45) is 0 Å². The maximum absolute atomic E-state index is 3.74. The van der Waals surface area contributed by atoms with Crippen LogP contribution in [-0.2, 0) is 0 Å². The first-order valence-corrected chi connectivity index (χ1v) is 38.4. The number of benzene rings is 8. The van der Waals surface area contributed by atoms with Crippen LogP contribution in [0.5, 0.6) is 0 Å². The van der Waals surface area contributed by atoms with Crippen LogP contribution >= 0.6 is 94.1 Å². The molecule has 2 aliphatic rings. The van der Waals surface area contributed by atoms with Crippen molar-refractivity contribution >= 4 is 167 Å². The maximum atomic E-state index is 3.74. The van der Waals surface area contributed by atoms with Gasteiger partial charge in [-0.05, 0) is 104 Å². The molecule has 0 aliphatic carbocycles. The van der Waals surface area contributed by atoms with Crippen molar-refractivity contribution in [3.63, 3.8) is 0 Å². The monoisotopic (exact) mass is 1260 g/mol. The topological polar surface area (TPSA) is 0 Å². The van der Waals surface area contributed by atoms with E-state index in [0.717, 1.165) is 64.0 Å². The summed E-state index contributed by atoms with van der Waals surface area (Å²) in [5, 5.41) is 19.0. The third-order valence-electron chi connectivity index (χ3n) is 15.8. The Balaban J connectivity index is 1.08. The molecule has 2 aliphatic heterocycles. The molecule has 11 rings (SSSR count). The lowest BCUT2D eigenvalue weighted by molar-refractivity contribution is 0.586. The van der Waals surface area contributed by atoms with Gasteiger partial charge in [0.15, 0.2) is 0 Å². The smallest absolute Gasteiger partial charge is 0.0836 e. The highest BCUT2D eigenvalue weighted by Crippen LogP contribution is 2.59. The number of rotatable bonds is 22. The molecule has 9 aromatic carbocycles. The van der Waals surface area contributed by atoms with E-state index in [1.165, 1.54) is 172 Å². The summed E-state index contributed by atoms with van der Waals surface area (Å²) in [5.41, 5.74) is 0. The van der Waals surface area contributed by atoms with Crippen molar-refractivity contribution in [1.29, 1.82) is 0 Å². The molecule has 8 heteroatoms. The second kappa shape index (κ2) is 31.8. The van der Waals surface area contributed by atoms with Crippen LogP contribution in [0.15, 0.2) is 163 Å². The first-order valence-electron chi connectivity index (χ1n) is 30.7. The van der Waals surface area contributed by atoms with Crippen molar-refractivity contribution in [3.8, 4) is 0 Å². The van der Waals surface area contributed by atoms with Gasteiger partial charge in [0.05, 0.1) is 35.9 Å². The van der Waals surface area contributed by atoms with E-state index in [9.17, 15) is 0 Å². The molecule has 0 atom stereocenters. The van der Waals surface area contributed by atoms with E-state index in [1.54, 1.807) is 0 Å². The summed E-state index contributed by atoms with van der Waals surface area (Å²) >= 11 is 15.7. The molecule has 9 aromatic rings. The summed E-state index contributed by atoms with van der Waals surface area (Å²) in [5.74, 6) is 2.34. The molecule has 0 N–H and O–H groups in total. The first-order chi connectivity index (χ1) is 42.6. The Morgan fingerprint density at radius 2 is 0.523 bits per heavy atom. The van der Waals surface area contributed by atoms with Gasteiger partial charge >= 0.3 is 0 Å².